The van der Waals surface area contributed by atoms with E-state index in [9.17, 15) is 4.79 Å². The number of amides is 1. The zero-order valence-electron chi connectivity index (χ0n) is 13.6. The summed E-state index contributed by atoms with van der Waals surface area (Å²) < 4.78 is 0. The number of rotatable bonds is 4. The van der Waals surface area contributed by atoms with Crippen molar-refractivity contribution in [2.24, 2.45) is 11.0 Å². The van der Waals surface area contributed by atoms with Crippen LogP contribution in [0.4, 0.5) is 0 Å². The number of nitrogens with one attached hydrogen (secondary N) is 1. The molecule has 3 rings (SSSR count). The van der Waals surface area contributed by atoms with Gasteiger partial charge in [0.1, 0.15) is 0 Å². The molecular weight excluding hydrogens is 304 g/mol. The molecule has 1 atom stereocenters. The van der Waals surface area contributed by atoms with Crippen LogP contribution < -0.4 is 5.43 Å². The Balaban J connectivity index is 1.73. The SMILES string of the molecule is CC/C(=N/NC(=O)c1cc2c(s1)CC[C@@H](C)C2)c1ccccc1. The van der Waals surface area contributed by atoms with Gasteiger partial charge in [0.2, 0.25) is 0 Å². The molecule has 1 N–H and O–H groups in total. The number of nitrogens with zero attached hydrogens (tertiary/aromatic N) is 1. The first-order chi connectivity index (χ1) is 11.2. The number of thiophene rings is 1. The van der Waals surface area contributed by atoms with Crippen molar-refractivity contribution < 1.29 is 4.79 Å². The Morgan fingerprint density at radius 1 is 1.35 bits per heavy atom. The summed E-state index contributed by atoms with van der Waals surface area (Å²) in [5.41, 5.74) is 6.02. The summed E-state index contributed by atoms with van der Waals surface area (Å²) in [6.07, 6.45) is 4.19. The predicted octanol–water partition coefficient (Wildman–Crippen LogP) is 4.42. The molecule has 3 nitrogen and oxygen atoms in total. The molecule has 1 aromatic heterocycles. The number of carbonyl (C=O) groups is 1. The van der Waals surface area contributed by atoms with Crippen molar-refractivity contribution in [2.75, 3.05) is 0 Å². The van der Waals surface area contributed by atoms with E-state index >= 15 is 0 Å². The highest BCUT2D eigenvalue weighted by Crippen LogP contribution is 2.32. The largest absolute Gasteiger partial charge is 0.281 e. The van der Waals surface area contributed by atoms with E-state index in [0.29, 0.717) is 0 Å². The summed E-state index contributed by atoms with van der Waals surface area (Å²) in [7, 11) is 0. The third-order valence-corrected chi connectivity index (χ3v) is 5.52. The Labute approximate surface area is 141 Å². The molecule has 0 spiro atoms. The first kappa shape index (κ1) is 15.9. The van der Waals surface area contributed by atoms with Crippen molar-refractivity contribution in [3.8, 4) is 0 Å². The van der Waals surface area contributed by atoms with Crippen LogP contribution in [0.15, 0.2) is 41.5 Å². The van der Waals surface area contributed by atoms with E-state index in [-0.39, 0.29) is 5.91 Å². The molecule has 2 aromatic rings. The molecule has 0 unspecified atom stereocenters. The molecule has 1 aromatic carbocycles. The van der Waals surface area contributed by atoms with Crippen LogP contribution >= 0.6 is 11.3 Å². The fraction of sp³-hybridized carbons (Fsp3) is 0.368. The number of aryl methyl sites for hydroxylation is 1. The zero-order valence-corrected chi connectivity index (χ0v) is 14.5. The highest BCUT2D eigenvalue weighted by Gasteiger charge is 2.20. The molecule has 1 aliphatic carbocycles. The molecule has 0 bridgehead atoms. The van der Waals surface area contributed by atoms with Crippen molar-refractivity contribution in [1.82, 2.24) is 5.43 Å². The van der Waals surface area contributed by atoms with Gasteiger partial charge in [0.05, 0.1) is 10.6 Å². The standard InChI is InChI=1S/C19H22N2OS/c1-3-16(14-7-5-4-6-8-14)20-21-19(22)18-12-15-11-13(2)9-10-17(15)23-18/h4-8,12-13H,3,9-11H2,1-2H3,(H,21,22)/b20-16-/t13-/m1/s1. The van der Waals surface area contributed by atoms with E-state index < -0.39 is 0 Å². The topological polar surface area (TPSA) is 41.5 Å². The lowest BCUT2D eigenvalue weighted by atomic mass is 9.90. The van der Waals surface area contributed by atoms with Gasteiger partial charge in [0.25, 0.3) is 5.91 Å². The molecule has 0 fully saturated rings. The second-order valence-corrected chi connectivity index (χ2v) is 7.26. The molecule has 1 heterocycles. The summed E-state index contributed by atoms with van der Waals surface area (Å²) >= 11 is 1.62. The monoisotopic (exact) mass is 326 g/mol. The van der Waals surface area contributed by atoms with Crippen molar-refractivity contribution in [3.05, 3.63) is 57.3 Å². The Kier molecular flexibility index (Phi) is 4.91. The highest BCUT2D eigenvalue weighted by atomic mass is 32.1. The number of fused-ring (bicyclic) bond motifs is 1. The quantitative estimate of drug-likeness (QED) is 0.656. The van der Waals surface area contributed by atoms with Gasteiger partial charge in [-0.05, 0) is 48.8 Å². The summed E-state index contributed by atoms with van der Waals surface area (Å²) in [5, 5.41) is 4.33. The van der Waals surface area contributed by atoms with Crippen molar-refractivity contribution in [1.29, 1.82) is 0 Å². The molecule has 4 heteroatoms. The van der Waals surface area contributed by atoms with Gasteiger partial charge in [-0.25, -0.2) is 5.43 Å². The van der Waals surface area contributed by atoms with E-state index in [1.807, 2.05) is 37.3 Å². The van der Waals surface area contributed by atoms with Gasteiger partial charge in [-0.15, -0.1) is 11.3 Å². The number of hydrazone groups is 1. The maximum Gasteiger partial charge on any atom is 0.281 e. The zero-order chi connectivity index (χ0) is 16.2. The molecule has 1 amide bonds. The fourth-order valence-corrected chi connectivity index (χ4v) is 4.07. The van der Waals surface area contributed by atoms with Crippen LogP contribution in [-0.2, 0) is 12.8 Å². The maximum atomic E-state index is 12.4. The highest BCUT2D eigenvalue weighted by molar-refractivity contribution is 7.14. The lowest BCUT2D eigenvalue weighted by Crippen LogP contribution is -2.19. The van der Waals surface area contributed by atoms with Crippen molar-refractivity contribution in [3.63, 3.8) is 0 Å². The molecule has 1 aliphatic rings. The van der Waals surface area contributed by atoms with Gasteiger partial charge in [-0.2, -0.15) is 5.10 Å². The Hall–Kier alpha value is -1.94. The third kappa shape index (κ3) is 3.70. The van der Waals surface area contributed by atoms with Crippen LogP contribution in [0.5, 0.6) is 0 Å². The molecule has 0 saturated heterocycles. The molecule has 0 saturated carbocycles. The van der Waals surface area contributed by atoms with E-state index in [4.69, 9.17) is 0 Å². The van der Waals surface area contributed by atoms with E-state index in [1.54, 1.807) is 11.3 Å². The lowest BCUT2D eigenvalue weighted by molar-refractivity contribution is 0.0959. The van der Waals surface area contributed by atoms with Crippen LogP contribution in [0, 0.1) is 5.92 Å². The lowest BCUT2D eigenvalue weighted by Gasteiger charge is -2.16. The van der Waals surface area contributed by atoms with Crippen LogP contribution in [-0.4, -0.2) is 11.6 Å². The van der Waals surface area contributed by atoms with Gasteiger partial charge in [0.15, 0.2) is 0 Å². The molecule has 120 valence electrons. The van der Waals surface area contributed by atoms with Crippen LogP contribution in [0.1, 0.15) is 52.4 Å². The van der Waals surface area contributed by atoms with Crippen LogP contribution in [0.2, 0.25) is 0 Å². The second-order valence-electron chi connectivity index (χ2n) is 6.13. The van der Waals surface area contributed by atoms with Crippen molar-refractivity contribution >= 4 is 23.0 Å². The average Bonchev–Trinajstić information content (AvgIpc) is 2.99. The first-order valence-corrected chi connectivity index (χ1v) is 9.03. The van der Waals surface area contributed by atoms with Gasteiger partial charge in [-0.3, -0.25) is 4.79 Å². The minimum Gasteiger partial charge on any atom is -0.266 e. The maximum absolute atomic E-state index is 12.4. The fourth-order valence-electron chi connectivity index (χ4n) is 2.97. The Morgan fingerprint density at radius 3 is 2.87 bits per heavy atom. The van der Waals surface area contributed by atoms with Crippen LogP contribution in [0.25, 0.3) is 0 Å². The van der Waals surface area contributed by atoms with Gasteiger partial charge >= 0.3 is 0 Å². The normalized spacial score (nSPS) is 17.7. The third-order valence-electron chi connectivity index (χ3n) is 4.29. The van der Waals surface area contributed by atoms with E-state index in [1.165, 1.54) is 16.9 Å². The first-order valence-electron chi connectivity index (χ1n) is 8.21. The summed E-state index contributed by atoms with van der Waals surface area (Å²) in [4.78, 5) is 14.5. The minimum atomic E-state index is -0.0982. The molecule has 23 heavy (non-hydrogen) atoms. The van der Waals surface area contributed by atoms with Gasteiger partial charge < -0.3 is 0 Å². The molecule has 0 aliphatic heterocycles. The smallest absolute Gasteiger partial charge is 0.266 e. The molecular formula is C19H22N2OS. The predicted molar refractivity (Wildman–Crippen MR) is 96.2 cm³/mol. The summed E-state index contributed by atoms with van der Waals surface area (Å²) in [6.45, 7) is 4.32. The van der Waals surface area contributed by atoms with E-state index in [2.05, 4.69) is 23.5 Å². The number of benzene rings is 1. The number of hydrogen-bond donors (Lipinski definition) is 1. The van der Waals surface area contributed by atoms with Crippen molar-refractivity contribution in [2.45, 2.75) is 39.5 Å². The number of hydrogen-bond acceptors (Lipinski definition) is 3. The Morgan fingerprint density at radius 2 is 2.13 bits per heavy atom. The minimum absolute atomic E-state index is 0.0982. The number of carbonyl (C=O) groups excluding carboxylic acids is 1. The van der Waals surface area contributed by atoms with Gasteiger partial charge in [-0.1, -0.05) is 44.2 Å². The van der Waals surface area contributed by atoms with E-state index in [0.717, 1.165) is 41.3 Å². The molecule has 0 radical (unpaired) electrons. The summed E-state index contributed by atoms with van der Waals surface area (Å²) in [5.74, 6) is 0.620. The van der Waals surface area contributed by atoms with Crippen LogP contribution in [0.3, 0.4) is 0 Å². The Bertz CT molecular complexity index is 718. The second kappa shape index (κ2) is 7.09. The summed E-state index contributed by atoms with van der Waals surface area (Å²) in [6, 6.07) is 12.0. The average molecular weight is 326 g/mol. The van der Waals surface area contributed by atoms with Gasteiger partial charge in [0, 0.05) is 4.88 Å².